The number of hydrogen-bond acceptors (Lipinski definition) is 3. The molecule has 1 fully saturated rings. The van der Waals surface area contributed by atoms with Crippen LogP contribution < -0.4 is 0 Å². The van der Waals surface area contributed by atoms with Gasteiger partial charge in [-0.15, -0.1) is 0 Å². The number of aromatic nitrogens is 2. The molecule has 94 valence electrons. The lowest BCUT2D eigenvalue weighted by Gasteiger charge is -2.33. The Morgan fingerprint density at radius 1 is 1.29 bits per heavy atom. The summed E-state index contributed by atoms with van der Waals surface area (Å²) in [6.45, 7) is 2.17. The summed E-state index contributed by atoms with van der Waals surface area (Å²) < 4.78 is 2.09. The Balaban J connectivity index is 1.82. The molecule has 2 heterocycles. The van der Waals surface area contributed by atoms with Gasteiger partial charge in [-0.2, -0.15) is 5.10 Å². The molecule has 0 unspecified atom stereocenters. The van der Waals surface area contributed by atoms with Crippen molar-refractivity contribution in [2.24, 2.45) is 0 Å². The molecule has 0 amide bonds. The Morgan fingerprint density at radius 2 is 2.12 bits per heavy atom. The van der Waals surface area contributed by atoms with Crippen molar-refractivity contribution in [1.82, 2.24) is 14.7 Å². The molecule has 1 saturated carbocycles. The molecule has 2 aliphatic rings. The predicted molar refractivity (Wildman–Crippen MR) is 65.5 cm³/mol. The fourth-order valence-corrected chi connectivity index (χ4v) is 3.31. The maximum absolute atomic E-state index is 9.59. The second-order valence-corrected chi connectivity index (χ2v) is 5.28. The SMILES string of the molecule is OC[C@@H]1CCn2nccc2CN1C1CCCC1. The molecule has 0 bridgehead atoms. The van der Waals surface area contributed by atoms with Gasteiger partial charge in [-0.3, -0.25) is 9.58 Å². The van der Waals surface area contributed by atoms with Crippen LogP contribution in [-0.4, -0.2) is 38.5 Å². The van der Waals surface area contributed by atoms with Crippen LogP contribution in [0.15, 0.2) is 12.3 Å². The van der Waals surface area contributed by atoms with E-state index in [-0.39, 0.29) is 6.61 Å². The third-order valence-corrected chi connectivity index (χ3v) is 4.30. The van der Waals surface area contributed by atoms with E-state index >= 15 is 0 Å². The van der Waals surface area contributed by atoms with Crippen molar-refractivity contribution in [1.29, 1.82) is 0 Å². The second kappa shape index (κ2) is 4.78. The van der Waals surface area contributed by atoms with Crippen molar-refractivity contribution in [2.45, 2.75) is 57.3 Å². The van der Waals surface area contributed by atoms with E-state index in [1.807, 2.05) is 6.20 Å². The molecule has 1 aliphatic carbocycles. The Hall–Kier alpha value is -0.870. The number of hydrogen-bond donors (Lipinski definition) is 1. The average Bonchev–Trinajstić information content (AvgIpc) is 2.97. The topological polar surface area (TPSA) is 41.3 Å². The van der Waals surface area contributed by atoms with Crippen LogP contribution in [0.1, 0.15) is 37.8 Å². The predicted octanol–water partition coefficient (Wildman–Crippen LogP) is 1.39. The van der Waals surface area contributed by atoms with Crippen molar-refractivity contribution in [3.05, 3.63) is 18.0 Å². The van der Waals surface area contributed by atoms with Gasteiger partial charge in [-0.05, 0) is 25.3 Å². The van der Waals surface area contributed by atoms with E-state index in [2.05, 4.69) is 20.7 Å². The van der Waals surface area contributed by atoms with Gasteiger partial charge < -0.3 is 5.11 Å². The quantitative estimate of drug-likeness (QED) is 0.842. The minimum Gasteiger partial charge on any atom is -0.395 e. The molecule has 17 heavy (non-hydrogen) atoms. The highest BCUT2D eigenvalue weighted by Crippen LogP contribution is 2.29. The zero-order chi connectivity index (χ0) is 11.7. The fraction of sp³-hybridized carbons (Fsp3) is 0.769. The minimum absolute atomic E-state index is 0.279. The smallest absolute Gasteiger partial charge is 0.0587 e. The van der Waals surface area contributed by atoms with Gasteiger partial charge in [0.25, 0.3) is 0 Å². The summed E-state index contributed by atoms with van der Waals surface area (Å²) in [6.07, 6.45) is 8.19. The molecule has 1 atom stereocenters. The molecule has 0 saturated heterocycles. The molecule has 1 aliphatic heterocycles. The van der Waals surface area contributed by atoms with Gasteiger partial charge in [0, 0.05) is 31.4 Å². The molecule has 4 heteroatoms. The second-order valence-electron chi connectivity index (χ2n) is 5.28. The lowest BCUT2D eigenvalue weighted by molar-refractivity contribution is 0.0758. The van der Waals surface area contributed by atoms with E-state index < -0.39 is 0 Å². The monoisotopic (exact) mass is 235 g/mol. The van der Waals surface area contributed by atoms with Gasteiger partial charge in [-0.1, -0.05) is 12.8 Å². The maximum Gasteiger partial charge on any atom is 0.0587 e. The van der Waals surface area contributed by atoms with Crippen LogP contribution in [-0.2, 0) is 13.1 Å². The van der Waals surface area contributed by atoms with E-state index in [1.54, 1.807) is 0 Å². The molecule has 0 radical (unpaired) electrons. The van der Waals surface area contributed by atoms with Crippen molar-refractivity contribution >= 4 is 0 Å². The van der Waals surface area contributed by atoms with Crippen molar-refractivity contribution in [3.63, 3.8) is 0 Å². The van der Waals surface area contributed by atoms with Gasteiger partial charge in [0.15, 0.2) is 0 Å². The highest BCUT2D eigenvalue weighted by atomic mass is 16.3. The summed E-state index contributed by atoms with van der Waals surface area (Å²) in [5.74, 6) is 0. The molecule has 1 aromatic heterocycles. The van der Waals surface area contributed by atoms with Crippen molar-refractivity contribution in [2.75, 3.05) is 6.61 Å². The van der Waals surface area contributed by atoms with Gasteiger partial charge >= 0.3 is 0 Å². The standard InChI is InChI=1S/C13H21N3O/c17-10-13-6-8-16-12(5-7-14-16)9-15(13)11-3-1-2-4-11/h5,7,11,13,17H,1-4,6,8-10H2/t13-/m0/s1. The first-order valence-electron chi connectivity index (χ1n) is 6.76. The highest BCUT2D eigenvalue weighted by molar-refractivity contribution is 5.03. The van der Waals surface area contributed by atoms with E-state index in [0.29, 0.717) is 12.1 Å². The summed E-state index contributed by atoms with van der Waals surface area (Å²) in [5.41, 5.74) is 1.30. The van der Waals surface area contributed by atoms with Crippen LogP contribution in [0.3, 0.4) is 0 Å². The van der Waals surface area contributed by atoms with Crippen LogP contribution >= 0.6 is 0 Å². The summed E-state index contributed by atoms with van der Waals surface area (Å²) in [4.78, 5) is 2.52. The molecule has 1 aromatic rings. The fourth-order valence-electron chi connectivity index (χ4n) is 3.31. The van der Waals surface area contributed by atoms with E-state index in [0.717, 1.165) is 19.5 Å². The molecular weight excluding hydrogens is 214 g/mol. The maximum atomic E-state index is 9.59. The number of aryl methyl sites for hydroxylation is 1. The third kappa shape index (κ3) is 2.11. The summed E-state index contributed by atoms with van der Waals surface area (Å²) in [6, 6.07) is 3.11. The zero-order valence-electron chi connectivity index (χ0n) is 10.3. The zero-order valence-corrected chi connectivity index (χ0v) is 10.3. The molecule has 1 N–H and O–H groups in total. The lowest BCUT2D eigenvalue weighted by Crippen LogP contribution is -2.42. The summed E-state index contributed by atoms with van der Waals surface area (Å²) in [7, 11) is 0. The minimum atomic E-state index is 0.279. The van der Waals surface area contributed by atoms with E-state index in [4.69, 9.17) is 0 Å². The number of fused-ring (bicyclic) bond motifs is 1. The number of aliphatic hydroxyl groups is 1. The molecule has 0 aromatic carbocycles. The van der Waals surface area contributed by atoms with Crippen LogP contribution in [0.25, 0.3) is 0 Å². The largest absolute Gasteiger partial charge is 0.395 e. The lowest BCUT2D eigenvalue weighted by atomic mass is 10.1. The Bertz CT molecular complexity index is 370. The van der Waals surface area contributed by atoms with Crippen molar-refractivity contribution in [3.8, 4) is 0 Å². The van der Waals surface area contributed by atoms with Crippen LogP contribution in [0.4, 0.5) is 0 Å². The Labute approximate surface area is 102 Å². The van der Waals surface area contributed by atoms with Gasteiger partial charge in [0.2, 0.25) is 0 Å². The van der Waals surface area contributed by atoms with Crippen LogP contribution in [0.5, 0.6) is 0 Å². The first kappa shape index (κ1) is 11.2. The number of rotatable bonds is 2. The number of aliphatic hydroxyl groups excluding tert-OH is 1. The molecular formula is C13H21N3O. The normalized spacial score (nSPS) is 27.0. The van der Waals surface area contributed by atoms with Crippen LogP contribution in [0.2, 0.25) is 0 Å². The molecule has 3 rings (SSSR count). The van der Waals surface area contributed by atoms with Crippen molar-refractivity contribution < 1.29 is 5.11 Å². The average molecular weight is 235 g/mol. The van der Waals surface area contributed by atoms with Crippen LogP contribution in [0, 0.1) is 0 Å². The summed E-state index contributed by atoms with van der Waals surface area (Å²) in [5, 5.41) is 13.9. The van der Waals surface area contributed by atoms with Gasteiger partial charge in [0.05, 0.1) is 12.3 Å². The molecule has 0 spiro atoms. The Kier molecular flexibility index (Phi) is 3.16. The summed E-state index contributed by atoms with van der Waals surface area (Å²) >= 11 is 0. The first-order valence-corrected chi connectivity index (χ1v) is 6.76. The van der Waals surface area contributed by atoms with Gasteiger partial charge in [-0.25, -0.2) is 0 Å². The number of nitrogens with zero attached hydrogens (tertiary/aromatic N) is 3. The molecule has 4 nitrogen and oxygen atoms in total. The van der Waals surface area contributed by atoms with Gasteiger partial charge in [0.1, 0.15) is 0 Å². The first-order chi connectivity index (χ1) is 8.38. The highest BCUT2D eigenvalue weighted by Gasteiger charge is 2.30. The Morgan fingerprint density at radius 3 is 2.88 bits per heavy atom. The third-order valence-electron chi connectivity index (χ3n) is 4.30. The van der Waals surface area contributed by atoms with E-state index in [1.165, 1.54) is 31.4 Å². The van der Waals surface area contributed by atoms with E-state index in [9.17, 15) is 5.11 Å².